The van der Waals surface area contributed by atoms with Gasteiger partial charge >= 0.3 is 0 Å². The van der Waals surface area contributed by atoms with Gasteiger partial charge in [-0.2, -0.15) is 0 Å². The highest BCUT2D eigenvalue weighted by atomic mass is 16.6. The normalized spacial score (nSPS) is 22.0. The van der Waals surface area contributed by atoms with E-state index < -0.39 is 4.92 Å². The lowest BCUT2D eigenvalue weighted by molar-refractivity contribution is -0.384. The molecule has 1 aromatic carbocycles. The number of hydrogen-bond acceptors (Lipinski definition) is 4. The summed E-state index contributed by atoms with van der Waals surface area (Å²) < 4.78 is 5.18. The molecule has 1 amide bonds. The number of carbonyl (C=O) groups is 1. The highest BCUT2D eigenvalue weighted by Crippen LogP contribution is 2.28. The van der Waals surface area contributed by atoms with Crippen molar-refractivity contribution in [3.05, 3.63) is 33.9 Å². The van der Waals surface area contributed by atoms with Gasteiger partial charge in [-0.25, -0.2) is 0 Å². The molecule has 1 saturated heterocycles. The molecule has 1 fully saturated rings. The molecule has 6 nitrogen and oxygen atoms in total. The van der Waals surface area contributed by atoms with E-state index in [1.807, 2.05) is 0 Å². The third-order valence-corrected chi connectivity index (χ3v) is 3.78. The summed E-state index contributed by atoms with van der Waals surface area (Å²) in [6.07, 6.45) is 1.09. The zero-order valence-corrected chi connectivity index (χ0v) is 12.5. The first-order valence-electron chi connectivity index (χ1n) is 7.04. The number of rotatable bonds is 3. The van der Waals surface area contributed by atoms with Crippen LogP contribution in [0.4, 0.5) is 5.69 Å². The summed E-state index contributed by atoms with van der Waals surface area (Å²) in [5.41, 5.74) is 0.158. The van der Waals surface area contributed by atoms with Gasteiger partial charge in [-0.3, -0.25) is 14.9 Å². The second-order valence-electron chi connectivity index (χ2n) is 5.80. The maximum Gasteiger partial charge on any atom is 0.270 e. The minimum Gasteiger partial charge on any atom is -0.496 e. The van der Waals surface area contributed by atoms with E-state index in [4.69, 9.17) is 4.74 Å². The molecule has 0 saturated carbocycles. The number of hydrogen-bond donors (Lipinski definition) is 0. The minimum atomic E-state index is -0.502. The van der Waals surface area contributed by atoms with Gasteiger partial charge in [-0.1, -0.05) is 13.8 Å². The molecular formula is C15H20N2O4. The number of carbonyl (C=O) groups excluding carboxylic acids is 1. The Hall–Kier alpha value is -2.11. The van der Waals surface area contributed by atoms with Gasteiger partial charge in [0.15, 0.2) is 0 Å². The number of non-ortho nitro benzene ring substituents is 1. The lowest BCUT2D eigenvalue weighted by atomic mass is 9.91. The van der Waals surface area contributed by atoms with E-state index in [9.17, 15) is 14.9 Å². The topological polar surface area (TPSA) is 72.7 Å². The van der Waals surface area contributed by atoms with Gasteiger partial charge in [0.1, 0.15) is 5.75 Å². The van der Waals surface area contributed by atoms with Crippen LogP contribution in [0.2, 0.25) is 0 Å². The first kappa shape index (κ1) is 15.3. The van der Waals surface area contributed by atoms with Crippen molar-refractivity contribution in [3.63, 3.8) is 0 Å². The summed E-state index contributed by atoms with van der Waals surface area (Å²) in [5, 5.41) is 10.9. The van der Waals surface area contributed by atoms with Crippen molar-refractivity contribution in [2.24, 2.45) is 11.8 Å². The van der Waals surface area contributed by atoms with Gasteiger partial charge in [0.05, 0.1) is 17.6 Å². The molecule has 0 spiro atoms. The molecule has 0 aromatic heterocycles. The number of benzene rings is 1. The first-order chi connectivity index (χ1) is 9.92. The standard InChI is InChI=1S/C15H20N2O4/c1-10-6-11(2)9-16(8-10)15(18)13-7-12(17(19)20)4-5-14(13)21-3/h4-5,7,10-11H,6,8-9H2,1-3H3/t10-,11+. The fourth-order valence-electron chi connectivity index (χ4n) is 2.98. The second-order valence-corrected chi connectivity index (χ2v) is 5.80. The number of amides is 1. The zero-order chi connectivity index (χ0) is 15.6. The van der Waals surface area contributed by atoms with Crippen LogP contribution in [-0.2, 0) is 0 Å². The third kappa shape index (κ3) is 3.32. The molecule has 0 radical (unpaired) electrons. The number of nitrogens with zero attached hydrogens (tertiary/aromatic N) is 2. The van der Waals surface area contributed by atoms with Crippen LogP contribution in [0.15, 0.2) is 18.2 Å². The fourth-order valence-corrected chi connectivity index (χ4v) is 2.98. The van der Waals surface area contributed by atoms with E-state index in [-0.39, 0.29) is 17.2 Å². The molecule has 0 bridgehead atoms. The average molecular weight is 292 g/mol. The number of methoxy groups -OCH3 is 1. The molecule has 2 atom stereocenters. The second kappa shape index (κ2) is 6.11. The monoisotopic (exact) mass is 292 g/mol. The molecule has 6 heteroatoms. The molecule has 114 valence electrons. The Labute approximate surface area is 123 Å². The van der Waals surface area contributed by atoms with Crippen LogP contribution >= 0.6 is 0 Å². The van der Waals surface area contributed by atoms with E-state index in [1.54, 1.807) is 4.90 Å². The van der Waals surface area contributed by atoms with Crippen molar-refractivity contribution in [2.75, 3.05) is 20.2 Å². The molecule has 1 aliphatic heterocycles. The van der Waals surface area contributed by atoms with Crippen molar-refractivity contribution < 1.29 is 14.5 Å². The Bertz CT molecular complexity index is 549. The maximum absolute atomic E-state index is 12.7. The Morgan fingerprint density at radius 1 is 1.33 bits per heavy atom. The Morgan fingerprint density at radius 2 is 1.95 bits per heavy atom. The summed E-state index contributed by atoms with van der Waals surface area (Å²) in [7, 11) is 1.46. The predicted molar refractivity (Wildman–Crippen MR) is 78.5 cm³/mol. The molecule has 1 aromatic rings. The Kier molecular flexibility index (Phi) is 4.45. The van der Waals surface area contributed by atoms with Crippen LogP contribution in [0.5, 0.6) is 5.75 Å². The van der Waals surface area contributed by atoms with Gasteiger partial charge in [0, 0.05) is 25.2 Å². The van der Waals surface area contributed by atoms with Crippen molar-refractivity contribution in [1.29, 1.82) is 0 Å². The highest BCUT2D eigenvalue weighted by molar-refractivity contribution is 5.97. The van der Waals surface area contributed by atoms with Gasteiger partial charge in [-0.05, 0) is 24.3 Å². The van der Waals surface area contributed by atoms with Crippen LogP contribution in [0, 0.1) is 22.0 Å². The van der Waals surface area contributed by atoms with Crippen LogP contribution in [0.25, 0.3) is 0 Å². The van der Waals surface area contributed by atoms with Crippen molar-refractivity contribution in [2.45, 2.75) is 20.3 Å². The largest absolute Gasteiger partial charge is 0.496 e. The zero-order valence-electron chi connectivity index (χ0n) is 12.5. The predicted octanol–water partition coefficient (Wildman–Crippen LogP) is 2.72. The van der Waals surface area contributed by atoms with Crippen molar-refractivity contribution in [1.82, 2.24) is 4.90 Å². The Morgan fingerprint density at radius 3 is 2.48 bits per heavy atom. The molecule has 0 N–H and O–H groups in total. The third-order valence-electron chi connectivity index (χ3n) is 3.78. The van der Waals surface area contributed by atoms with Crippen LogP contribution in [-0.4, -0.2) is 35.9 Å². The number of nitro groups is 1. The number of ether oxygens (including phenoxy) is 1. The van der Waals surface area contributed by atoms with E-state index in [1.165, 1.54) is 25.3 Å². The van der Waals surface area contributed by atoms with E-state index in [0.717, 1.165) is 6.42 Å². The summed E-state index contributed by atoms with van der Waals surface area (Å²) in [6, 6.07) is 4.12. The van der Waals surface area contributed by atoms with E-state index >= 15 is 0 Å². The minimum absolute atomic E-state index is 0.0998. The smallest absolute Gasteiger partial charge is 0.270 e. The highest BCUT2D eigenvalue weighted by Gasteiger charge is 2.28. The lowest BCUT2D eigenvalue weighted by Gasteiger charge is -2.35. The van der Waals surface area contributed by atoms with Gasteiger partial charge in [0.2, 0.25) is 0 Å². The van der Waals surface area contributed by atoms with Crippen molar-refractivity contribution >= 4 is 11.6 Å². The van der Waals surface area contributed by atoms with Crippen molar-refractivity contribution in [3.8, 4) is 5.75 Å². The molecule has 0 aliphatic carbocycles. The summed E-state index contributed by atoms with van der Waals surface area (Å²) in [6.45, 7) is 5.57. The molecular weight excluding hydrogens is 272 g/mol. The number of nitro benzene ring substituents is 1. The quantitative estimate of drug-likeness (QED) is 0.634. The van der Waals surface area contributed by atoms with Crippen LogP contribution in [0.1, 0.15) is 30.6 Å². The van der Waals surface area contributed by atoms with Crippen LogP contribution in [0.3, 0.4) is 0 Å². The fraction of sp³-hybridized carbons (Fsp3) is 0.533. The maximum atomic E-state index is 12.7. The molecule has 2 rings (SSSR count). The summed E-state index contributed by atoms with van der Waals surface area (Å²) in [5.74, 6) is 1.04. The molecule has 1 aliphatic rings. The number of likely N-dealkylation sites (tertiary alicyclic amines) is 1. The summed E-state index contributed by atoms with van der Waals surface area (Å²) in [4.78, 5) is 24.8. The van der Waals surface area contributed by atoms with Gasteiger partial charge < -0.3 is 9.64 Å². The van der Waals surface area contributed by atoms with Crippen LogP contribution < -0.4 is 4.74 Å². The van der Waals surface area contributed by atoms with Gasteiger partial charge in [-0.15, -0.1) is 0 Å². The molecule has 0 unspecified atom stereocenters. The van der Waals surface area contributed by atoms with Gasteiger partial charge in [0.25, 0.3) is 11.6 Å². The SMILES string of the molecule is COc1ccc([N+](=O)[O-])cc1C(=O)N1C[C@H](C)C[C@H](C)C1. The number of piperidine rings is 1. The first-order valence-corrected chi connectivity index (χ1v) is 7.04. The lowest BCUT2D eigenvalue weighted by Crippen LogP contribution is -2.42. The molecule has 21 heavy (non-hydrogen) atoms. The summed E-state index contributed by atoms with van der Waals surface area (Å²) >= 11 is 0. The van der Waals surface area contributed by atoms with E-state index in [0.29, 0.717) is 30.7 Å². The van der Waals surface area contributed by atoms with E-state index in [2.05, 4.69) is 13.8 Å². The average Bonchev–Trinajstić information content (AvgIpc) is 2.44. The molecule has 1 heterocycles. The Balaban J connectivity index is 2.32.